The highest BCUT2D eigenvalue weighted by Gasteiger charge is 2.31. The number of aromatic nitrogens is 3. The number of carbonyl (C=O) groups is 2. The lowest BCUT2D eigenvalue weighted by Gasteiger charge is -2.26. The topological polar surface area (TPSA) is 86.1 Å². The van der Waals surface area contributed by atoms with Crippen LogP contribution < -0.4 is 5.32 Å². The highest BCUT2D eigenvalue weighted by Crippen LogP contribution is 2.39. The predicted molar refractivity (Wildman–Crippen MR) is 135 cm³/mol. The Morgan fingerprint density at radius 3 is 2.50 bits per heavy atom. The molecule has 8 heteroatoms. The van der Waals surface area contributed by atoms with Crippen molar-refractivity contribution in [2.24, 2.45) is 0 Å². The maximum Gasteiger partial charge on any atom is 0.344 e. The zero-order chi connectivity index (χ0) is 23.7. The second-order valence-electron chi connectivity index (χ2n) is 8.45. The summed E-state index contributed by atoms with van der Waals surface area (Å²) in [5.74, 6) is -0.423. The van der Waals surface area contributed by atoms with Crippen LogP contribution in [-0.2, 0) is 4.74 Å². The number of hydrogen-bond acceptors (Lipinski definition) is 5. The van der Waals surface area contributed by atoms with Crippen LogP contribution in [0.25, 0.3) is 22.2 Å². The van der Waals surface area contributed by atoms with Gasteiger partial charge in [0.25, 0.3) is 5.91 Å². The molecule has 0 atom stereocenters. The van der Waals surface area contributed by atoms with E-state index >= 15 is 0 Å². The molecule has 4 aromatic rings. The van der Waals surface area contributed by atoms with Crippen LogP contribution in [0.2, 0.25) is 0 Å². The Bertz CT molecular complexity index is 1390. The molecule has 1 saturated carbocycles. The summed E-state index contributed by atoms with van der Waals surface area (Å²) in [6.07, 6.45) is 5.23. The summed E-state index contributed by atoms with van der Waals surface area (Å²) in [6.45, 7) is 1.98. The van der Waals surface area contributed by atoms with Gasteiger partial charge in [0, 0.05) is 16.1 Å². The molecule has 1 aliphatic rings. The number of esters is 1. The van der Waals surface area contributed by atoms with Gasteiger partial charge in [-0.15, -0.1) is 0 Å². The number of carbonyl (C=O) groups excluding carboxylic acids is 2. The van der Waals surface area contributed by atoms with Crippen molar-refractivity contribution in [3.63, 3.8) is 0 Å². The summed E-state index contributed by atoms with van der Waals surface area (Å²) in [5.41, 5.74) is 3.21. The van der Waals surface area contributed by atoms with Crippen LogP contribution in [0.3, 0.4) is 0 Å². The third kappa shape index (κ3) is 4.18. The van der Waals surface area contributed by atoms with Crippen LogP contribution in [-0.4, -0.2) is 33.0 Å². The van der Waals surface area contributed by atoms with Crippen LogP contribution in [0.5, 0.6) is 0 Å². The Kier molecular flexibility index (Phi) is 6.32. The van der Waals surface area contributed by atoms with E-state index in [0.717, 1.165) is 35.7 Å². The average molecular weight is 521 g/mol. The maximum absolute atomic E-state index is 13.3. The molecule has 1 N–H and O–H groups in total. The summed E-state index contributed by atoms with van der Waals surface area (Å²) < 4.78 is 8.23. The maximum atomic E-state index is 13.3. The summed E-state index contributed by atoms with van der Waals surface area (Å²) in [6, 6.07) is 14.8. The number of amides is 1. The average Bonchev–Trinajstić information content (AvgIpc) is 3.15. The largest absolute Gasteiger partial charge is 0.462 e. The molecule has 2 aromatic heterocycles. The number of ether oxygens (including phenoxy) is 1. The van der Waals surface area contributed by atoms with Crippen LogP contribution >= 0.6 is 15.9 Å². The zero-order valence-corrected chi connectivity index (χ0v) is 20.5. The quantitative estimate of drug-likeness (QED) is 0.313. The fourth-order valence-corrected chi connectivity index (χ4v) is 5.09. The fourth-order valence-electron chi connectivity index (χ4n) is 4.69. The van der Waals surface area contributed by atoms with E-state index in [1.165, 1.54) is 6.42 Å². The number of benzene rings is 2. The van der Waals surface area contributed by atoms with Gasteiger partial charge in [0.05, 0.1) is 17.6 Å². The lowest BCUT2D eigenvalue weighted by molar-refractivity contribution is 0.0529. The van der Waals surface area contributed by atoms with E-state index in [0.29, 0.717) is 28.1 Å². The lowest BCUT2D eigenvalue weighted by Crippen LogP contribution is -2.21. The number of para-hydroxylation sites is 2. The van der Waals surface area contributed by atoms with Crippen LogP contribution in [0.4, 0.5) is 5.82 Å². The molecule has 174 valence electrons. The smallest absolute Gasteiger partial charge is 0.344 e. The van der Waals surface area contributed by atoms with Crippen molar-refractivity contribution in [2.75, 3.05) is 11.9 Å². The summed E-state index contributed by atoms with van der Waals surface area (Å²) >= 11 is 3.42. The minimum Gasteiger partial charge on any atom is -0.462 e. The van der Waals surface area contributed by atoms with Crippen molar-refractivity contribution in [1.29, 1.82) is 0 Å². The van der Waals surface area contributed by atoms with Gasteiger partial charge in [-0.1, -0.05) is 53.4 Å². The molecule has 1 aliphatic carbocycles. The molecule has 5 rings (SSSR count). The SMILES string of the molecule is CCOC(=O)c1c(NC(=O)c2cccc(Br)c2)n(C2CCCCC2)c2nc3ccccc3nc12. The van der Waals surface area contributed by atoms with Crippen molar-refractivity contribution >= 4 is 55.8 Å². The molecule has 0 bridgehead atoms. The van der Waals surface area contributed by atoms with Gasteiger partial charge in [-0.2, -0.15) is 0 Å². The number of hydrogen-bond donors (Lipinski definition) is 1. The van der Waals surface area contributed by atoms with Crippen molar-refractivity contribution in [3.8, 4) is 0 Å². The summed E-state index contributed by atoms with van der Waals surface area (Å²) in [5, 5.41) is 3.03. The van der Waals surface area contributed by atoms with Crippen molar-refractivity contribution in [3.05, 3.63) is 64.1 Å². The van der Waals surface area contributed by atoms with Gasteiger partial charge in [0.2, 0.25) is 0 Å². The van der Waals surface area contributed by atoms with Gasteiger partial charge < -0.3 is 14.6 Å². The predicted octanol–water partition coefficient (Wildman–Crippen LogP) is 6.28. The van der Waals surface area contributed by atoms with Crippen molar-refractivity contribution in [1.82, 2.24) is 14.5 Å². The molecular weight excluding hydrogens is 496 g/mol. The Balaban J connectivity index is 1.75. The first-order valence-electron chi connectivity index (χ1n) is 11.6. The number of fused-ring (bicyclic) bond motifs is 2. The molecule has 0 unspecified atom stereocenters. The first-order valence-corrected chi connectivity index (χ1v) is 12.4. The molecule has 0 spiro atoms. The van der Waals surface area contributed by atoms with E-state index < -0.39 is 5.97 Å². The monoisotopic (exact) mass is 520 g/mol. The molecule has 2 heterocycles. The number of halogens is 1. The normalized spacial score (nSPS) is 14.4. The Hall–Kier alpha value is -3.26. The van der Waals surface area contributed by atoms with E-state index in [1.807, 2.05) is 34.9 Å². The number of anilines is 1. The first kappa shape index (κ1) is 22.5. The Labute approximate surface area is 205 Å². The van der Waals surface area contributed by atoms with Crippen molar-refractivity contribution in [2.45, 2.75) is 45.1 Å². The summed E-state index contributed by atoms with van der Waals surface area (Å²) in [7, 11) is 0. The fraction of sp³-hybridized carbons (Fsp3) is 0.308. The third-order valence-electron chi connectivity index (χ3n) is 6.23. The summed E-state index contributed by atoms with van der Waals surface area (Å²) in [4.78, 5) is 36.2. The lowest BCUT2D eigenvalue weighted by atomic mass is 9.95. The van der Waals surface area contributed by atoms with E-state index in [4.69, 9.17) is 14.7 Å². The van der Waals surface area contributed by atoms with Crippen LogP contribution in [0.15, 0.2) is 53.0 Å². The molecule has 34 heavy (non-hydrogen) atoms. The van der Waals surface area contributed by atoms with E-state index in [1.54, 1.807) is 25.1 Å². The van der Waals surface area contributed by atoms with E-state index in [-0.39, 0.29) is 24.1 Å². The van der Waals surface area contributed by atoms with E-state index in [2.05, 4.69) is 21.2 Å². The standard InChI is InChI=1S/C26H25BrN4O3/c1-2-34-26(33)21-22-24(29-20-14-7-6-13-19(20)28-22)31(18-11-4-3-5-12-18)23(21)30-25(32)16-9-8-10-17(27)15-16/h6-10,13-15,18H,2-5,11-12H2,1H3,(H,30,32). The zero-order valence-electron chi connectivity index (χ0n) is 18.9. The Morgan fingerprint density at radius 2 is 1.79 bits per heavy atom. The molecule has 1 fully saturated rings. The molecule has 0 saturated heterocycles. The molecule has 7 nitrogen and oxygen atoms in total. The highest BCUT2D eigenvalue weighted by molar-refractivity contribution is 9.10. The second-order valence-corrected chi connectivity index (χ2v) is 9.37. The molecule has 2 aromatic carbocycles. The minimum atomic E-state index is -0.517. The molecule has 1 amide bonds. The van der Waals surface area contributed by atoms with E-state index in [9.17, 15) is 9.59 Å². The van der Waals surface area contributed by atoms with Gasteiger partial charge in [-0.25, -0.2) is 14.8 Å². The van der Waals surface area contributed by atoms with Crippen molar-refractivity contribution < 1.29 is 14.3 Å². The van der Waals surface area contributed by atoms with Gasteiger partial charge >= 0.3 is 5.97 Å². The molecular formula is C26H25BrN4O3. The molecule has 0 aliphatic heterocycles. The number of nitrogens with zero attached hydrogens (tertiary/aromatic N) is 3. The first-order chi connectivity index (χ1) is 16.6. The van der Waals surface area contributed by atoms with Gasteiger partial charge in [-0.3, -0.25) is 4.79 Å². The van der Waals surface area contributed by atoms with Gasteiger partial charge in [0.1, 0.15) is 16.9 Å². The van der Waals surface area contributed by atoms with Crippen LogP contribution in [0, 0.1) is 0 Å². The highest BCUT2D eigenvalue weighted by atomic mass is 79.9. The number of nitrogens with one attached hydrogen (secondary N) is 1. The van der Waals surface area contributed by atoms with Gasteiger partial charge in [0.15, 0.2) is 5.65 Å². The Morgan fingerprint density at radius 1 is 1.06 bits per heavy atom. The third-order valence-corrected chi connectivity index (χ3v) is 6.73. The van der Waals surface area contributed by atoms with Crippen LogP contribution in [0.1, 0.15) is 65.8 Å². The second kappa shape index (κ2) is 9.54. The van der Waals surface area contributed by atoms with Gasteiger partial charge in [-0.05, 0) is 50.1 Å². The number of rotatable bonds is 5. The minimum absolute atomic E-state index is 0.104. The molecule has 0 radical (unpaired) electrons.